The Kier molecular flexibility index (Phi) is 13.1. The second-order valence-electron chi connectivity index (χ2n) is 23.3. The molecule has 26 atom stereocenters. The molecule has 9 rings (SSSR count). The topological polar surface area (TPSA) is 276 Å². The summed E-state index contributed by atoms with van der Waals surface area (Å²) < 4.78 is 51.1. The summed E-state index contributed by atoms with van der Waals surface area (Å²) >= 11 is 0. The van der Waals surface area contributed by atoms with Crippen LogP contribution in [0.15, 0.2) is 11.6 Å². The Morgan fingerprint density at radius 2 is 1.29 bits per heavy atom. The van der Waals surface area contributed by atoms with Gasteiger partial charge in [0.1, 0.15) is 67.1 Å². The summed E-state index contributed by atoms with van der Waals surface area (Å²) in [4.78, 5) is 0. The molecule has 8 unspecified atom stereocenters. The Bertz CT molecular complexity index is 1790. The van der Waals surface area contributed by atoms with Gasteiger partial charge in [-0.3, -0.25) is 0 Å². The van der Waals surface area contributed by atoms with Gasteiger partial charge in [0.15, 0.2) is 24.7 Å². The van der Waals surface area contributed by atoms with Crippen molar-refractivity contribution in [3.8, 4) is 0 Å². The lowest BCUT2D eigenvalue weighted by molar-refractivity contribution is -0.398. The molecule has 10 N–H and O–H groups in total. The van der Waals surface area contributed by atoms with E-state index in [-0.39, 0.29) is 40.1 Å². The first-order valence-electron chi connectivity index (χ1n) is 24.5. The molecule has 2 bridgehead atoms. The second kappa shape index (κ2) is 17.4. The fraction of sp³-hybridized carbons (Fsp3) is 0.958. The smallest absolute Gasteiger partial charge is 0.187 e. The fourth-order valence-corrected chi connectivity index (χ4v) is 15.9. The van der Waals surface area contributed by atoms with Crippen LogP contribution in [0.2, 0.25) is 0 Å². The monoisotopic (exact) mass is 943 g/mol. The summed E-state index contributed by atoms with van der Waals surface area (Å²) in [7, 11) is 0. The highest BCUT2D eigenvalue weighted by Crippen LogP contribution is 2.81. The highest BCUT2D eigenvalue weighted by atomic mass is 16.8. The molecule has 0 aromatic carbocycles. The number of fused-ring (bicyclic) bond motifs is 4. The van der Waals surface area contributed by atoms with Gasteiger partial charge in [-0.15, -0.1) is 0 Å². The van der Waals surface area contributed by atoms with Crippen LogP contribution in [0.4, 0.5) is 0 Å². The van der Waals surface area contributed by atoms with Crippen molar-refractivity contribution < 1.29 is 89.0 Å². The molecule has 5 heterocycles. The summed E-state index contributed by atoms with van der Waals surface area (Å²) in [5.74, 6) is -0.143. The highest BCUT2D eigenvalue weighted by molar-refractivity contribution is 5.28. The van der Waals surface area contributed by atoms with Gasteiger partial charge in [0, 0.05) is 17.8 Å². The Morgan fingerprint density at radius 1 is 0.667 bits per heavy atom. The molecule has 5 saturated heterocycles. The van der Waals surface area contributed by atoms with Gasteiger partial charge >= 0.3 is 0 Å². The van der Waals surface area contributed by atoms with E-state index < -0.39 is 128 Å². The van der Waals surface area contributed by atoms with Crippen LogP contribution in [0.25, 0.3) is 0 Å². The van der Waals surface area contributed by atoms with Gasteiger partial charge in [0.25, 0.3) is 0 Å². The molecule has 5 aliphatic heterocycles. The van der Waals surface area contributed by atoms with Gasteiger partial charge in [-0.05, 0) is 107 Å². The minimum atomic E-state index is -1.86. The van der Waals surface area contributed by atoms with Gasteiger partial charge in [-0.25, -0.2) is 0 Å². The zero-order valence-corrected chi connectivity index (χ0v) is 39.7. The molecule has 18 nitrogen and oxygen atoms in total. The quantitative estimate of drug-likeness (QED) is 0.105. The van der Waals surface area contributed by atoms with Gasteiger partial charge in [-0.1, -0.05) is 39.3 Å². The van der Waals surface area contributed by atoms with E-state index in [1.54, 1.807) is 0 Å². The molecule has 4 saturated carbocycles. The molecular formula is C48H78O18. The van der Waals surface area contributed by atoms with Gasteiger partial charge < -0.3 is 89.0 Å². The Labute approximate surface area is 387 Å². The first kappa shape index (κ1) is 50.0. The van der Waals surface area contributed by atoms with Crippen LogP contribution < -0.4 is 0 Å². The predicted octanol–water partition coefficient (Wildman–Crippen LogP) is 0.355. The summed E-state index contributed by atoms with van der Waals surface area (Å²) in [6.07, 6.45) is -15.6. The third-order valence-corrected chi connectivity index (χ3v) is 19.3. The average Bonchev–Trinajstić information content (AvgIpc) is 3.87. The number of hydrogen-bond acceptors (Lipinski definition) is 18. The van der Waals surface area contributed by atoms with Crippen LogP contribution in [0.5, 0.6) is 0 Å². The van der Waals surface area contributed by atoms with Crippen LogP contribution >= 0.6 is 0 Å². The molecule has 9 aliphatic rings. The van der Waals surface area contributed by atoms with E-state index in [1.165, 1.54) is 12.5 Å². The number of rotatable bonds is 10. The molecule has 4 aliphatic carbocycles. The van der Waals surface area contributed by atoms with Crippen LogP contribution in [-0.4, -0.2) is 187 Å². The molecule has 0 amide bonds. The molecular weight excluding hydrogens is 865 g/mol. The van der Waals surface area contributed by atoms with Gasteiger partial charge in [0.05, 0.1) is 43.7 Å². The minimum Gasteiger partial charge on any atom is -0.394 e. The highest BCUT2D eigenvalue weighted by Gasteiger charge is 2.82. The standard InChI is InChI=1S/C48H78O18/c1-21(2)9-12-29-46(8,58)39-23-10-11-27-44(6)15-14-28(43(4,5)26(44)13-16-45(27,7)47(23)19-48(39,66-29)59-20-47)63-42-38(65-40-35(56)33(54)30(51)22(3)60-40)37(32(53)25(18-50)62-42)64-41-36(57)34(55)31(52)24(17-49)61-41/h9,22-42,49-58H,10-20H2,1-8H3/t22-,23+,24+,25+,26?,27?,28-,29?,30-,31+,32+,33+,34-,35+,36+,37-,38+,39?,40-,41-,42-,44-,45?,46?,47?,48?/m0/s1. The summed E-state index contributed by atoms with van der Waals surface area (Å²) in [6.45, 7) is 16.1. The predicted molar refractivity (Wildman–Crippen MR) is 229 cm³/mol. The van der Waals surface area contributed by atoms with Gasteiger partial charge in [-0.2, -0.15) is 0 Å². The zero-order chi connectivity index (χ0) is 47.8. The summed E-state index contributed by atoms with van der Waals surface area (Å²) in [6, 6.07) is 0. The summed E-state index contributed by atoms with van der Waals surface area (Å²) in [5, 5.41) is 109. The van der Waals surface area contributed by atoms with Crippen LogP contribution in [0.1, 0.15) is 107 Å². The summed E-state index contributed by atoms with van der Waals surface area (Å²) in [5.41, 5.74) is -0.692. The van der Waals surface area contributed by atoms with E-state index in [1.807, 2.05) is 6.92 Å². The van der Waals surface area contributed by atoms with Crippen molar-refractivity contribution in [2.24, 2.45) is 45.3 Å². The van der Waals surface area contributed by atoms with Crippen molar-refractivity contribution in [2.45, 2.75) is 222 Å². The van der Waals surface area contributed by atoms with Crippen molar-refractivity contribution in [2.75, 3.05) is 19.8 Å². The molecule has 2 spiro atoms. The average molecular weight is 943 g/mol. The third-order valence-electron chi connectivity index (χ3n) is 19.3. The van der Waals surface area contributed by atoms with E-state index in [0.29, 0.717) is 25.4 Å². The van der Waals surface area contributed by atoms with E-state index in [4.69, 9.17) is 37.9 Å². The minimum absolute atomic E-state index is 0.0887. The Balaban J connectivity index is 0.986. The Hall–Kier alpha value is -0.980. The number of ether oxygens (including phenoxy) is 8. The van der Waals surface area contributed by atoms with E-state index in [0.717, 1.165) is 38.5 Å². The molecule has 18 heteroatoms. The maximum absolute atomic E-state index is 12.3. The Morgan fingerprint density at radius 3 is 1.95 bits per heavy atom. The van der Waals surface area contributed by atoms with E-state index in [9.17, 15) is 51.1 Å². The number of aliphatic hydroxyl groups excluding tert-OH is 9. The molecule has 0 aromatic heterocycles. The maximum Gasteiger partial charge on any atom is 0.187 e. The van der Waals surface area contributed by atoms with E-state index >= 15 is 0 Å². The van der Waals surface area contributed by atoms with Crippen LogP contribution in [0, 0.1) is 45.3 Å². The molecule has 9 fully saturated rings. The third kappa shape index (κ3) is 7.32. The van der Waals surface area contributed by atoms with Crippen LogP contribution in [-0.2, 0) is 37.9 Å². The molecule has 66 heavy (non-hydrogen) atoms. The van der Waals surface area contributed by atoms with Crippen molar-refractivity contribution in [1.29, 1.82) is 0 Å². The van der Waals surface area contributed by atoms with E-state index in [2.05, 4.69) is 47.6 Å². The SMILES string of the molecule is CC(C)=CCC1OC23CC4(CO2)[C@H](CCC2C4(C)CCC4C(C)(C)[C@@H](O[C@@H]5O[C@H](CO)[C@@H](O)[C@H](O[C@@H]6O[C@H](CO)[C@@H](O)[C@H](O)[C@H]6O)[C@H]5O[C@@H]5O[C@@H](C)[C@H](O)[C@@H](O)[C@H]5O)CC[C@@]42C)C3C1(C)O. The molecule has 378 valence electrons. The van der Waals surface area contributed by atoms with Crippen molar-refractivity contribution in [1.82, 2.24) is 0 Å². The zero-order valence-electron chi connectivity index (χ0n) is 39.7. The largest absolute Gasteiger partial charge is 0.394 e. The van der Waals surface area contributed by atoms with Crippen molar-refractivity contribution in [3.05, 3.63) is 11.6 Å². The lowest BCUT2D eigenvalue weighted by Crippen LogP contribution is -2.68. The van der Waals surface area contributed by atoms with Gasteiger partial charge in [0.2, 0.25) is 0 Å². The first-order chi connectivity index (χ1) is 30.9. The second-order valence-corrected chi connectivity index (χ2v) is 23.3. The lowest BCUT2D eigenvalue weighted by atomic mass is 9.35. The first-order valence-corrected chi connectivity index (χ1v) is 24.5. The number of allylic oxidation sites excluding steroid dienone is 1. The van der Waals surface area contributed by atoms with Crippen molar-refractivity contribution >= 4 is 0 Å². The number of hydrogen-bond donors (Lipinski definition) is 10. The number of aliphatic hydroxyl groups is 10. The molecule has 0 radical (unpaired) electrons. The lowest BCUT2D eigenvalue weighted by Gasteiger charge is -2.70. The normalized spacial score (nSPS) is 57.4. The van der Waals surface area contributed by atoms with Crippen LogP contribution in [0.3, 0.4) is 0 Å². The molecule has 0 aromatic rings. The fourth-order valence-electron chi connectivity index (χ4n) is 15.9. The van der Waals surface area contributed by atoms with Crippen molar-refractivity contribution in [3.63, 3.8) is 0 Å². The maximum atomic E-state index is 12.3.